The van der Waals surface area contributed by atoms with E-state index < -0.39 is 0 Å². The Morgan fingerprint density at radius 2 is 0.841 bits per heavy atom. The fourth-order valence-corrected chi connectivity index (χ4v) is 8.87. The molecule has 11 rings (SSSR count). The predicted octanol–water partition coefficient (Wildman–Crippen LogP) is 14.3. The molecule has 0 amide bonds. The fourth-order valence-electron chi connectivity index (χ4n) is 8.87. The minimum Gasteiger partial charge on any atom is -0.309 e. The van der Waals surface area contributed by atoms with Crippen LogP contribution in [0.2, 0.25) is 0 Å². The van der Waals surface area contributed by atoms with Crippen molar-refractivity contribution in [3.05, 3.63) is 241 Å². The lowest BCUT2D eigenvalue weighted by Gasteiger charge is -2.11. The van der Waals surface area contributed by atoms with Crippen molar-refractivity contribution in [3.8, 4) is 33.6 Å². The van der Waals surface area contributed by atoms with Crippen molar-refractivity contribution in [1.29, 1.82) is 0 Å². The number of rotatable bonds is 8. The number of fused-ring (bicyclic) bond motifs is 6. The van der Waals surface area contributed by atoms with Crippen LogP contribution in [0.5, 0.6) is 0 Å². The van der Waals surface area contributed by atoms with Gasteiger partial charge in [0.25, 0.3) is 0 Å². The average Bonchev–Trinajstić information content (AvgIpc) is 3.87. The second-order valence-electron chi connectivity index (χ2n) is 15.7. The molecular formula is C58H41N5. The first-order chi connectivity index (χ1) is 31.2. The van der Waals surface area contributed by atoms with E-state index in [9.17, 15) is 0 Å². The molecule has 298 valence electrons. The van der Waals surface area contributed by atoms with Crippen LogP contribution in [-0.2, 0) is 6.54 Å². The average molecular weight is 808 g/mol. The van der Waals surface area contributed by atoms with Crippen LogP contribution in [-0.4, -0.2) is 27.5 Å². The summed E-state index contributed by atoms with van der Waals surface area (Å²) in [5.74, 6) is 1.13. The van der Waals surface area contributed by atoms with Crippen LogP contribution < -0.4 is 0 Å². The van der Waals surface area contributed by atoms with Crippen molar-refractivity contribution >= 4 is 62.0 Å². The predicted molar refractivity (Wildman–Crippen MR) is 265 cm³/mol. The van der Waals surface area contributed by atoms with E-state index in [2.05, 4.69) is 197 Å². The Labute approximate surface area is 365 Å². The van der Waals surface area contributed by atoms with Crippen LogP contribution >= 0.6 is 0 Å². The lowest BCUT2D eigenvalue weighted by Crippen LogP contribution is -2.06. The Morgan fingerprint density at radius 3 is 1.52 bits per heavy atom. The lowest BCUT2D eigenvalue weighted by atomic mass is 10.0. The van der Waals surface area contributed by atoms with E-state index in [0.29, 0.717) is 18.2 Å². The molecule has 2 aromatic heterocycles. The Kier molecular flexibility index (Phi) is 9.68. The highest BCUT2D eigenvalue weighted by atomic mass is 15.0. The van der Waals surface area contributed by atoms with Gasteiger partial charge in [0.05, 0.1) is 28.6 Å². The van der Waals surface area contributed by atoms with Gasteiger partial charge < -0.3 is 9.13 Å². The van der Waals surface area contributed by atoms with Crippen molar-refractivity contribution in [2.24, 2.45) is 15.0 Å². The van der Waals surface area contributed by atoms with Crippen molar-refractivity contribution in [3.63, 3.8) is 0 Å². The molecule has 63 heavy (non-hydrogen) atoms. The maximum atomic E-state index is 4.98. The molecule has 0 N–H and O–H groups in total. The van der Waals surface area contributed by atoms with Crippen LogP contribution in [0.25, 0.3) is 77.2 Å². The summed E-state index contributed by atoms with van der Waals surface area (Å²) in [6.07, 6.45) is 0. The van der Waals surface area contributed by atoms with E-state index in [1.807, 2.05) is 48.5 Å². The van der Waals surface area contributed by atoms with Crippen LogP contribution in [0, 0.1) is 0 Å². The Hall–Kier alpha value is -8.41. The van der Waals surface area contributed by atoms with Crippen LogP contribution in [0.1, 0.15) is 16.7 Å². The highest BCUT2D eigenvalue weighted by molar-refractivity contribution is 6.14. The zero-order valence-electron chi connectivity index (χ0n) is 34.5. The SMILES string of the molecule is C=NC(=NC(=NCc1ccccc1)c1ccccc1)c1ccc(-n2c3ccccc3c3cc(-c4ccc5c6ccccc6n(-c6ccc(-c7ccccc7)cc6)c5c4)ccc32)cc1. The molecule has 9 aromatic carbocycles. The van der Waals surface area contributed by atoms with Gasteiger partial charge in [0.1, 0.15) is 0 Å². The number of aliphatic imine (C=N–C) groups is 3. The maximum Gasteiger partial charge on any atom is 0.161 e. The molecule has 0 bridgehead atoms. The summed E-state index contributed by atoms with van der Waals surface area (Å²) in [6, 6.07) is 79.2. The molecule has 0 aliphatic heterocycles. The van der Waals surface area contributed by atoms with E-state index >= 15 is 0 Å². The van der Waals surface area contributed by atoms with Gasteiger partial charge >= 0.3 is 0 Å². The van der Waals surface area contributed by atoms with E-state index in [1.54, 1.807) is 0 Å². The maximum absolute atomic E-state index is 4.98. The monoisotopic (exact) mass is 807 g/mol. The van der Waals surface area contributed by atoms with Crippen LogP contribution in [0.3, 0.4) is 0 Å². The number of nitrogens with zero attached hydrogens (tertiary/aromatic N) is 5. The highest BCUT2D eigenvalue weighted by Gasteiger charge is 2.17. The Morgan fingerprint density at radius 1 is 0.365 bits per heavy atom. The van der Waals surface area contributed by atoms with Gasteiger partial charge in [-0.2, -0.15) is 0 Å². The number of amidine groups is 2. The van der Waals surface area contributed by atoms with Gasteiger partial charge in [0, 0.05) is 44.0 Å². The van der Waals surface area contributed by atoms with Gasteiger partial charge in [0.2, 0.25) is 0 Å². The molecule has 0 fully saturated rings. The second-order valence-corrected chi connectivity index (χ2v) is 15.7. The zero-order chi connectivity index (χ0) is 42.1. The molecule has 0 saturated carbocycles. The molecule has 0 atom stereocenters. The van der Waals surface area contributed by atoms with E-state index in [0.717, 1.165) is 39.1 Å². The van der Waals surface area contributed by atoms with Gasteiger partial charge in [0.15, 0.2) is 11.7 Å². The first-order valence-electron chi connectivity index (χ1n) is 21.2. The molecule has 0 aliphatic carbocycles. The molecule has 11 aromatic rings. The van der Waals surface area contributed by atoms with Gasteiger partial charge in [-0.15, -0.1) is 0 Å². The third-order valence-corrected chi connectivity index (χ3v) is 11.9. The van der Waals surface area contributed by atoms with Crippen molar-refractivity contribution in [2.75, 3.05) is 0 Å². The topological polar surface area (TPSA) is 46.9 Å². The first kappa shape index (κ1) is 37.6. The molecule has 0 radical (unpaired) electrons. The minimum absolute atomic E-state index is 0.510. The van der Waals surface area contributed by atoms with Gasteiger partial charge in [-0.3, -0.25) is 4.99 Å². The third-order valence-electron chi connectivity index (χ3n) is 11.9. The highest BCUT2D eigenvalue weighted by Crippen LogP contribution is 2.38. The summed E-state index contributed by atoms with van der Waals surface area (Å²) < 4.78 is 4.74. The van der Waals surface area contributed by atoms with Crippen molar-refractivity contribution in [1.82, 2.24) is 9.13 Å². The van der Waals surface area contributed by atoms with Crippen LogP contribution in [0.4, 0.5) is 0 Å². The molecule has 5 heteroatoms. The van der Waals surface area contributed by atoms with E-state index in [4.69, 9.17) is 9.98 Å². The van der Waals surface area contributed by atoms with Gasteiger partial charge in [-0.25, -0.2) is 9.98 Å². The quantitative estimate of drug-likeness (QED) is 0.108. The first-order valence-corrected chi connectivity index (χ1v) is 21.2. The number of benzene rings is 9. The number of para-hydroxylation sites is 2. The summed E-state index contributed by atoms with van der Waals surface area (Å²) in [5, 5.41) is 4.87. The molecule has 0 spiro atoms. The Bertz CT molecular complexity index is 3510. The molecule has 5 nitrogen and oxygen atoms in total. The molecular weight excluding hydrogens is 767 g/mol. The fraction of sp³-hybridized carbons (Fsp3) is 0.0172. The van der Waals surface area contributed by atoms with E-state index in [-0.39, 0.29) is 0 Å². The number of hydrogen-bond acceptors (Lipinski definition) is 1. The zero-order valence-corrected chi connectivity index (χ0v) is 34.5. The standard InChI is InChI=1S/C58H41N5/c1-59-57(61-58(43-19-9-4-10-20-43)60-39-40-15-5-2-6-16-40)44-27-33-47(34-28-44)62-54-24-14-12-22-50(54)52-37-45(30-36-55(52)62)46-29-35-51-49-21-11-13-23-53(49)63(56(51)38-46)48-31-25-42(26-32-48)41-17-7-3-8-18-41/h2-38H,1,39H2. The Balaban J connectivity index is 0.964. The third kappa shape index (κ3) is 7.02. The number of aromatic nitrogens is 2. The molecule has 0 saturated heterocycles. The smallest absolute Gasteiger partial charge is 0.161 e. The number of hydrogen-bond donors (Lipinski definition) is 0. The molecule has 0 aliphatic rings. The van der Waals surface area contributed by atoms with Gasteiger partial charge in [-0.1, -0.05) is 158 Å². The lowest BCUT2D eigenvalue weighted by molar-refractivity contribution is 1.06. The summed E-state index contributed by atoms with van der Waals surface area (Å²) >= 11 is 0. The second kappa shape index (κ2) is 16.2. The van der Waals surface area contributed by atoms with Crippen molar-refractivity contribution in [2.45, 2.75) is 6.54 Å². The summed E-state index contributed by atoms with van der Waals surface area (Å²) in [7, 11) is 0. The normalized spacial score (nSPS) is 12.1. The van der Waals surface area contributed by atoms with E-state index in [1.165, 1.54) is 54.8 Å². The molecule has 2 heterocycles. The molecule has 0 unspecified atom stereocenters. The largest absolute Gasteiger partial charge is 0.309 e. The minimum atomic E-state index is 0.510. The van der Waals surface area contributed by atoms with Crippen molar-refractivity contribution < 1.29 is 0 Å². The summed E-state index contributed by atoms with van der Waals surface area (Å²) in [6.45, 7) is 4.42. The summed E-state index contributed by atoms with van der Waals surface area (Å²) in [5.41, 5.74) is 14.5. The van der Waals surface area contributed by atoms with Crippen LogP contribution in [0.15, 0.2) is 239 Å². The summed E-state index contributed by atoms with van der Waals surface area (Å²) in [4.78, 5) is 14.3. The van der Waals surface area contributed by atoms with Gasteiger partial charge in [-0.05, 0) is 101 Å².